The van der Waals surface area contributed by atoms with Crippen molar-refractivity contribution in [2.24, 2.45) is 16.2 Å². The number of aliphatic hydroxyl groups excluding tert-OH is 1. The van der Waals surface area contributed by atoms with Gasteiger partial charge in [-0.1, -0.05) is 235 Å². The van der Waals surface area contributed by atoms with E-state index in [2.05, 4.69) is 68.9 Å². The van der Waals surface area contributed by atoms with Gasteiger partial charge in [-0.3, -0.25) is 19.2 Å². The summed E-state index contributed by atoms with van der Waals surface area (Å²) in [6.07, 6.45) is 5.95. The van der Waals surface area contributed by atoms with E-state index < -0.39 is 29.3 Å². The molecule has 0 spiro atoms. The molecule has 3 aromatic carbocycles. The zero-order valence-electron chi connectivity index (χ0n) is 59.9. The van der Waals surface area contributed by atoms with Gasteiger partial charge >= 0.3 is 23.9 Å². The normalized spacial score (nSPS) is 13.3. The van der Waals surface area contributed by atoms with Crippen molar-refractivity contribution in [3.05, 3.63) is 122 Å². The molecule has 0 aliphatic rings. The van der Waals surface area contributed by atoms with Crippen LogP contribution >= 0.6 is 0 Å². The quantitative estimate of drug-likeness (QED) is 0.0293. The number of carbonyl (C=O) groups excluding carboxylic acids is 3. The fourth-order valence-electron chi connectivity index (χ4n) is 9.79. The third-order valence-electron chi connectivity index (χ3n) is 15.0. The smallest absolute Gasteiger partial charge is 0.306 e. The highest BCUT2D eigenvalue weighted by atomic mass is 16.6. The van der Waals surface area contributed by atoms with Crippen molar-refractivity contribution in [1.29, 1.82) is 0 Å². The zero-order chi connectivity index (χ0) is 68.7. The Kier molecular flexibility index (Phi) is 28.7. The molecule has 0 bridgehead atoms. The molecule has 3 rings (SSSR count). The van der Waals surface area contributed by atoms with Gasteiger partial charge in [-0.15, -0.1) is 0 Å². The SMILES string of the molecule is C=C/C(=C\C(=C(\O)CC(C)(C)C)C(C)(C)C)CCC(=O)OCC(C)(COC(=O)CCc1cc(C(C)(C)C)c(O)c(C(C)(C)C)c1)COC(=O)CCc1cc(C(C)(C)C)c(O)c(C(C)(C)C)c1.CC.CC(C)(C)c1cc(CCC(=O)O)cc(C(C)(C)C)c1O. The van der Waals surface area contributed by atoms with Gasteiger partial charge in [0.2, 0.25) is 0 Å². The first-order valence-electron chi connectivity index (χ1n) is 31.7. The highest BCUT2D eigenvalue weighted by molar-refractivity contribution is 5.71. The van der Waals surface area contributed by atoms with Gasteiger partial charge in [0, 0.05) is 32.1 Å². The number of aliphatic carboxylic acids is 1. The zero-order valence-corrected chi connectivity index (χ0v) is 59.9. The number of carboxylic acid groups (broad SMARTS) is 1. The van der Waals surface area contributed by atoms with Crippen LogP contribution in [-0.2, 0) is 85.1 Å². The number of hydrogen-bond acceptors (Lipinski definition) is 11. The number of phenolic OH excluding ortho intramolecular Hbond substituents is 3. The minimum absolute atomic E-state index is 0.0322. The van der Waals surface area contributed by atoms with Crippen molar-refractivity contribution in [3.63, 3.8) is 0 Å². The molecule has 12 nitrogen and oxygen atoms in total. The highest BCUT2D eigenvalue weighted by Gasteiger charge is 2.34. The van der Waals surface area contributed by atoms with E-state index in [1.807, 2.05) is 160 Å². The van der Waals surface area contributed by atoms with Crippen molar-refractivity contribution in [2.75, 3.05) is 19.8 Å². The van der Waals surface area contributed by atoms with Gasteiger partial charge in [0.15, 0.2) is 0 Å². The third-order valence-corrected chi connectivity index (χ3v) is 15.0. The molecule has 0 fully saturated rings. The van der Waals surface area contributed by atoms with Crippen molar-refractivity contribution < 1.29 is 58.9 Å². The Morgan fingerprint density at radius 2 is 0.682 bits per heavy atom. The van der Waals surface area contributed by atoms with Crippen LogP contribution in [0.4, 0.5) is 0 Å². The topological polar surface area (TPSA) is 197 Å². The first-order valence-corrected chi connectivity index (χ1v) is 31.7. The number of aryl methyl sites for hydroxylation is 3. The molecular weight excluding hydrogens is 1100 g/mol. The van der Waals surface area contributed by atoms with Crippen molar-refractivity contribution >= 4 is 23.9 Å². The number of ether oxygens (including phenoxy) is 3. The minimum Gasteiger partial charge on any atom is -0.512 e. The van der Waals surface area contributed by atoms with Crippen LogP contribution in [0, 0.1) is 16.2 Å². The second-order valence-corrected chi connectivity index (χ2v) is 32.6. The first-order chi connectivity index (χ1) is 39.7. The van der Waals surface area contributed by atoms with E-state index >= 15 is 0 Å². The molecule has 0 aliphatic carbocycles. The average Bonchev–Trinajstić information content (AvgIpc) is 1.80. The van der Waals surface area contributed by atoms with Gasteiger partial charge in [0.05, 0.1) is 11.2 Å². The van der Waals surface area contributed by atoms with Crippen molar-refractivity contribution in [2.45, 2.75) is 277 Å². The summed E-state index contributed by atoms with van der Waals surface area (Å²) in [5.41, 5.74) is 6.14. The van der Waals surface area contributed by atoms with E-state index in [0.717, 1.165) is 61.2 Å². The summed E-state index contributed by atoms with van der Waals surface area (Å²) < 4.78 is 17.5. The second-order valence-electron chi connectivity index (χ2n) is 32.6. The molecule has 3 aromatic rings. The van der Waals surface area contributed by atoms with Crippen LogP contribution in [0.1, 0.15) is 276 Å². The Morgan fingerprint density at radius 3 is 0.909 bits per heavy atom. The molecule has 0 heterocycles. The summed E-state index contributed by atoms with van der Waals surface area (Å²) in [4.78, 5) is 50.9. The second kappa shape index (κ2) is 31.6. The Labute approximate surface area is 533 Å². The molecular formula is C76H120O12. The Morgan fingerprint density at radius 1 is 0.420 bits per heavy atom. The van der Waals surface area contributed by atoms with Crippen LogP contribution in [0.3, 0.4) is 0 Å². The number of esters is 3. The summed E-state index contributed by atoms with van der Waals surface area (Å²) in [5, 5.41) is 52.9. The monoisotopic (exact) mass is 1220 g/mol. The fraction of sp³-hybridized carbons (Fsp3) is 0.632. The van der Waals surface area contributed by atoms with Gasteiger partial charge in [-0.05, 0) is 137 Å². The Hall–Kier alpha value is -6.04. The highest BCUT2D eigenvalue weighted by Crippen LogP contribution is 2.43. The number of hydrogen-bond donors (Lipinski definition) is 5. The van der Waals surface area contributed by atoms with Crippen molar-refractivity contribution in [3.8, 4) is 17.2 Å². The first kappa shape index (κ1) is 80.0. The van der Waals surface area contributed by atoms with Gasteiger partial charge in [0.25, 0.3) is 0 Å². The van der Waals surface area contributed by atoms with E-state index in [1.54, 1.807) is 13.0 Å². The number of carboxylic acids is 1. The predicted octanol–water partition coefficient (Wildman–Crippen LogP) is 18.7. The molecule has 0 aromatic heterocycles. The van der Waals surface area contributed by atoms with Gasteiger partial charge < -0.3 is 39.7 Å². The summed E-state index contributed by atoms with van der Waals surface area (Å²) in [7, 11) is 0. The molecule has 0 amide bonds. The lowest BCUT2D eigenvalue weighted by molar-refractivity contribution is -0.160. The standard InChI is InChI=1S/C57H88O9.C17H26O3.C2H6/c1-21-37(28-40(52(5,6)7)45(58)33-51(2,3)4)22-25-46(59)64-34-57(20,35-65-47(60)26-23-38-29-41(53(8,9)10)49(62)42(30-38)54(11,12)13)36-66-48(61)27-24-39-31-43(55(14,15)16)50(63)44(32-39)56(17,18)19;1-16(2,3)12-9-11(7-8-14(18)19)10-13(15(12)20)17(4,5)6;1-2/h21,28-32,58,62-63H,1,22-27,33-36H2,2-20H3;9-10,20H,7-8H2,1-6H3,(H,18,19);1-2H3/b37-28+,45-40-;;. The maximum Gasteiger partial charge on any atom is 0.306 e. The Bertz CT molecular complexity index is 2700. The lowest BCUT2D eigenvalue weighted by Gasteiger charge is -2.29. The number of rotatable bonds is 21. The van der Waals surface area contributed by atoms with E-state index in [-0.39, 0.29) is 100 Å². The van der Waals surface area contributed by atoms with E-state index in [9.17, 15) is 39.6 Å². The van der Waals surface area contributed by atoms with Crippen LogP contribution in [-0.4, -0.2) is 69.2 Å². The summed E-state index contributed by atoms with van der Waals surface area (Å²) >= 11 is 0. The maximum atomic E-state index is 13.4. The van der Waals surface area contributed by atoms with Gasteiger partial charge in [-0.2, -0.15) is 0 Å². The van der Waals surface area contributed by atoms with Crippen LogP contribution < -0.4 is 0 Å². The molecule has 12 heteroatoms. The lowest BCUT2D eigenvalue weighted by atomic mass is 9.78. The van der Waals surface area contributed by atoms with E-state index in [0.29, 0.717) is 43.6 Å². The molecule has 0 unspecified atom stereocenters. The number of carbonyl (C=O) groups is 4. The molecule has 5 N–H and O–H groups in total. The molecule has 0 atom stereocenters. The van der Waals surface area contributed by atoms with E-state index in [1.165, 1.54) is 0 Å². The fourth-order valence-corrected chi connectivity index (χ4v) is 9.79. The van der Waals surface area contributed by atoms with Crippen LogP contribution in [0.15, 0.2) is 72.0 Å². The number of aromatic hydroxyl groups is 3. The molecule has 496 valence electrons. The van der Waals surface area contributed by atoms with Gasteiger partial charge in [0.1, 0.15) is 37.1 Å². The van der Waals surface area contributed by atoms with Crippen molar-refractivity contribution in [1.82, 2.24) is 0 Å². The number of allylic oxidation sites excluding steroid dienone is 5. The molecule has 0 aliphatic heterocycles. The molecule has 0 saturated heterocycles. The summed E-state index contributed by atoms with van der Waals surface area (Å²) in [6, 6.07) is 11.7. The predicted molar refractivity (Wildman–Crippen MR) is 362 cm³/mol. The van der Waals surface area contributed by atoms with Crippen LogP contribution in [0.2, 0.25) is 0 Å². The summed E-state index contributed by atoms with van der Waals surface area (Å²) in [6.45, 7) is 58.3. The molecule has 88 heavy (non-hydrogen) atoms. The maximum absolute atomic E-state index is 13.4. The minimum atomic E-state index is -1.08. The van der Waals surface area contributed by atoms with Crippen LogP contribution in [0.25, 0.3) is 0 Å². The summed E-state index contributed by atoms with van der Waals surface area (Å²) in [5.74, 6) is -1.03. The van der Waals surface area contributed by atoms with E-state index in [4.69, 9.17) is 19.3 Å². The molecule has 0 radical (unpaired) electrons. The average molecular weight is 1230 g/mol. The number of phenols is 3. The third kappa shape index (κ3) is 26.6. The Balaban J connectivity index is 0.00000147. The largest absolute Gasteiger partial charge is 0.512 e. The van der Waals surface area contributed by atoms with Crippen LogP contribution in [0.5, 0.6) is 17.2 Å². The van der Waals surface area contributed by atoms with Gasteiger partial charge in [-0.25, -0.2) is 0 Å². The lowest BCUT2D eigenvalue weighted by Crippen LogP contribution is -2.37. The number of aliphatic hydroxyl groups is 1. The number of benzene rings is 3. The molecule has 0 saturated carbocycles.